The molecule has 3 nitrogen and oxygen atoms in total. The van der Waals surface area contributed by atoms with Crippen LogP contribution in [0.5, 0.6) is 0 Å². The number of benzene rings is 5. The second-order valence-electron chi connectivity index (χ2n) is 9.41. The van der Waals surface area contributed by atoms with E-state index in [-0.39, 0.29) is 0 Å². The lowest BCUT2D eigenvalue weighted by Crippen LogP contribution is -2.22. The topological polar surface area (TPSA) is 29.5 Å². The van der Waals surface area contributed by atoms with Crippen molar-refractivity contribution in [2.24, 2.45) is 0 Å². The van der Waals surface area contributed by atoms with Crippen LogP contribution in [0.1, 0.15) is 16.7 Å². The highest BCUT2D eigenvalue weighted by molar-refractivity contribution is 6.06. The summed E-state index contributed by atoms with van der Waals surface area (Å²) < 4.78 is 12.7. The average molecular weight is 468 g/mol. The summed E-state index contributed by atoms with van der Waals surface area (Å²) in [6.45, 7) is 2.36. The maximum atomic E-state index is 6.35. The van der Waals surface area contributed by atoms with Crippen molar-refractivity contribution in [1.82, 2.24) is 4.90 Å². The molecule has 3 heteroatoms. The van der Waals surface area contributed by atoms with Gasteiger partial charge in [0, 0.05) is 52.3 Å². The molecule has 0 N–H and O–H groups in total. The molecule has 174 valence electrons. The third-order valence-corrected chi connectivity index (χ3v) is 7.01. The van der Waals surface area contributed by atoms with E-state index in [0.29, 0.717) is 0 Å². The van der Waals surface area contributed by atoms with Gasteiger partial charge in [-0.1, -0.05) is 103 Å². The Labute approximate surface area is 209 Å². The van der Waals surface area contributed by atoms with E-state index in [1.165, 1.54) is 27.5 Å². The molecule has 0 atom stereocenters. The van der Waals surface area contributed by atoms with Gasteiger partial charge in [-0.2, -0.15) is 0 Å². The number of para-hydroxylation sites is 4. The minimum Gasteiger partial charge on any atom is -0.456 e. The van der Waals surface area contributed by atoms with Crippen LogP contribution in [-0.4, -0.2) is 4.90 Å². The number of rotatable bonds is 6. The monoisotopic (exact) mass is 467 g/mol. The van der Waals surface area contributed by atoms with Gasteiger partial charge in [-0.15, -0.1) is 0 Å². The Kier molecular flexibility index (Phi) is 5.07. The van der Waals surface area contributed by atoms with Gasteiger partial charge >= 0.3 is 0 Å². The van der Waals surface area contributed by atoms with Crippen LogP contribution in [0.2, 0.25) is 0 Å². The number of nitrogens with zero attached hydrogens (tertiary/aromatic N) is 1. The van der Waals surface area contributed by atoms with Crippen LogP contribution in [0, 0.1) is 0 Å². The molecular weight excluding hydrogens is 442 g/mol. The maximum absolute atomic E-state index is 6.35. The third kappa shape index (κ3) is 3.65. The van der Waals surface area contributed by atoms with Crippen LogP contribution in [0.25, 0.3) is 43.9 Å². The lowest BCUT2D eigenvalue weighted by Gasteiger charge is -2.23. The van der Waals surface area contributed by atoms with E-state index < -0.39 is 0 Å². The number of hydrogen-bond donors (Lipinski definition) is 0. The van der Waals surface area contributed by atoms with Gasteiger partial charge in [-0.3, -0.25) is 4.90 Å². The predicted octanol–water partition coefficient (Wildman–Crippen LogP) is 8.69. The summed E-state index contributed by atoms with van der Waals surface area (Å²) >= 11 is 0. The van der Waals surface area contributed by atoms with Crippen molar-refractivity contribution in [1.29, 1.82) is 0 Å². The predicted molar refractivity (Wildman–Crippen MR) is 147 cm³/mol. The average Bonchev–Trinajstić information content (AvgIpc) is 3.49. The first-order chi connectivity index (χ1) is 17.8. The zero-order valence-corrected chi connectivity index (χ0v) is 19.9. The summed E-state index contributed by atoms with van der Waals surface area (Å²) in [7, 11) is 0. The smallest absolute Gasteiger partial charge is 0.139 e. The number of fused-ring (bicyclic) bond motifs is 6. The van der Waals surface area contributed by atoms with Gasteiger partial charge in [0.05, 0.1) is 0 Å². The summed E-state index contributed by atoms with van der Waals surface area (Å²) in [6.07, 6.45) is 0. The van der Waals surface area contributed by atoms with Gasteiger partial charge in [0.1, 0.15) is 22.3 Å². The summed E-state index contributed by atoms with van der Waals surface area (Å²) in [5.41, 5.74) is 7.47. The molecule has 0 aliphatic heterocycles. The van der Waals surface area contributed by atoms with Crippen molar-refractivity contribution in [2.45, 2.75) is 19.6 Å². The highest BCUT2D eigenvalue weighted by atomic mass is 16.3. The largest absolute Gasteiger partial charge is 0.456 e. The minimum absolute atomic E-state index is 0.767. The van der Waals surface area contributed by atoms with E-state index in [0.717, 1.165) is 52.7 Å². The summed E-state index contributed by atoms with van der Waals surface area (Å²) in [4.78, 5) is 2.47. The zero-order chi connectivity index (χ0) is 23.9. The Morgan fingerprint density at radius 2 is 0.889 bits per heavy atom. The van der Waals surface area contributed by atoms with Crippen molar-refractivity contribution in [3.05, 3.63) is 132 Å². The van der Waals surface area contributed by atoms with Crippen LogP contribution in [0.15, 0.2) is 124 Å². The molecule has 7 aromatic rings. The lowest BCUT2D eigenvalue weighted by atomic mass is 10.1. The van der Waals surface area contributed by atoms with Gasteiger partial charge in [0.2, 0.25) is 0 Å². The van der Waals surface area contributed by atoms with Gasteiger partial charge in [-0.25, -0.2) is 0 Å². The van der Waals surface area contributed by atoms with E-state index in [9.17, 15) is 0 Å². The molecular formula is C33H25NO2. The molecule has 2 aromatic heterocycles. The molecule has 0 saturated carbocycles. The fraction of sp³-hybridized carbons (Fsp3) is 0.0909. The first-order valence-corrected chi connectivity index (χ1v) is 12.4. The Balaban J connectivity index is 1.31. The highest BCUT2D eigenvalue weighted by Gasteiger charge is 2.17. The van der Waals surface area contributed by atoms with Gasteiger partial charge in [-0.05, 0) is 17.7 Å². The first kappa shape index (κ1) is 21.0. The maximum Gasteiger partial charge on any atom is 0.139 e. The van der Waals surface area contributed by atoms with E-state index in [2.05, 4.69) is 95.9 Å². The van der Waals surface area contributed by atoms with Gasteiger partial charge in [0.15, 0.2) is 0 Å². The Bertz CT molecular complexity index is 1710. The van der Waals surface area contributed by atoms with Gasteiger partial charge < -0.3 is 8.83 Å². The SMILES string of the molecule is c1ccc(CN(Cc2cccc3c2oc2ccccc23)Cc2cccc3c2oc2ccccc23)cc1. The Hall–Kier alpha value is -4.34. The summed E-state index contributed by atoms with van der Waals surface area (Å²) in [5, 5.41) is 4.66. The number of furan rings is 2. The summed E-state index contributed by atoms with van der Waals surface area (Å²) in [6, 6.07) is 40.2. The molecule has 0 aliphatic carbocycles. The standard InChI is InChI=1S/C33H25NO2/c1-2-10-23(11-3-1)20-34(21-24-12-8-16-28-26-14-4-6-18-30(26)35-32(24)28)22-25-13-9-17-29-27-15-5-7-19-31(27)36-33(25)29/h1-19H,20-22H2. The first-order valence-electron chi connectivity index (χ1n) is 12.4. The molecule has 0 bridgehead atoms. The van der Waals surface area contributed by atoms with Crippen LogP contribution in [-0.2, 0) is 19.6 Å². The third-order valence-electron chi connectivity index (χ3n) is 7.01. The molecule has 7 rings (SSSR count). The van der Waals surface area contributed by atoms with E-state index in [1.54, 1.807) is 0 Å². The fourth-order valence-corrected chi connectivity index (χ4v) is 5.35. The molecule has 0 fully saturated rings. The molecule has 0 saturated heterocycles. The number of hydrogen-bond acceptors (Lipinski definition) is 3. The molecule has 5 aromatic carbocycles. The molecule has 0 unspecified atom stereocenters. The van der Waals surface area contributed by atoms with Crippen molar-refractivity contribution < 1.29 is 8.83 Å². The fourth-order valence-electron chi connectivity index (χ4n) is 5.35. The zero-order valence-electron chi connectivity index (χ0n) is 19.9. The normalized spacial score (nSPS) is 11.9. The van der Waals surface area contributed by atoms with Gasteiger partial charge in [0.25, 0.3) is 0 Å². The molecule has 0 aliphatic rings. The summed E-state index contributed by atoms with van der Waals surface area (Å²) in [5.74, 6) is 0. The highest BCUT2D eigenvalue weighted by Crippen LogP contribution is 2.34. The molecule has 36 heavy (non-hydrogen) atoms. The van der Waals surface area contributed by atoms with Crippen molar-refractivity contribution in [3.63, 3.8) is 0 Å². The quantitative estimate of drug-likeness (QED) is 0.245. The molecule has 0 radical (unpaired) electrons. The van der Waals surface area contributed by atoms with Crippen LogP contribution < -0.4 is 0 Å². The lowest BCUT2D eigenvalue weighted by molar-refractivity contribution is 0.248. The van der Waals surface area contributed by atoms with Crippen molar-refractivity contribution >= 4 is 43.9 Å². The van der Waals surface area contributed by atoms with Crippen molar-refractivity contribution in [3.8, 4) is 0 Å². The van der Waals surface area contributed by atoms with Crippen LogP contribution in [0.3, 0.4) is 0 Å². The second-order valence-corrected chi connectivity index (χ2v) is 9.41. The van der Waals surface area contributed by atoms with Crippen LogP contribution >= 0.6 is 0 Å². The van der Waals surface area contributed by atoms with Crippen LogP contribution in [0.4, 0.5) is 0 Å². The molecule has 2 heterocycles. The van der Waals surface area contributed by atoms with Crippen molar-refractivity contribution in [2.75, 3.05) is 0 Å². The minimum atomic E-state index is 0.767. The van der Waals surface area contributed by atoms with E-state index in [4.69, 9.17) is 8.83 Å². The Morgan fingerprint density at radius 1 is 0.417 bits per heavy atom. The van der Waals surface area contributed by atoms with E-state index in [1.807, 2.05) is 24.3 Å². The molecule has 0 amide bonds. The Morgan fingerprint density at radius 3 is 1.44 bits per heavy atom. The molecule has 0 spiro atoms. The van der Waals surface area contributed by atoms with E-state index >= 15 is 0 Å². The second kappa shape index (κ2) is 8.71.